The number of rotatable bonds is 2. The molecule has 0 radical (unpaired) electrons. The summed E-state index contributed by atoms with van der Waals surface area (Å²) in [6.45, 7) is 0. The van der Waals surface area contributed by atoms with Crippen molar-refractivity contribution in [2.45, 2.75) is 0 Å². The molecule has 6 heteroatoms. The standard InChI is InChI=1S/C12H9N3O2S/c1-15-7-8(6-13-15)5-9-12(16)17-11(14-9)10-3-2-4-18-10/h2-7H,1H3. The molecule has 3 heterocycles. The summed E-state index contributed by atoms with van der Waals surface area (Å²) in [6.07, 6.45) is 5.13. The van der Waals surface area contributed by atoms with E-state index in [1.807, 2.05) is 24.6 Å². The Balaban J connectivity index is 1.94. The van der Waals surface area contributed by atoms with E-state index in [4.69, 9.17) is 4.74 Å². The number of hydrogen-bond acceptors (Lipinski definition) is 5. The first-order chi connectivity index (χ1) is 8.72. The number of aromatic nitrogens is 2. The Kier molecular flexibility index (Phi) is 2.56. The lowest BCUT2D eigenvalue weighted by molar-refractivity contribution is -0.129. The van der Waals surface area contributed by atoms with Crippen molar-refractivity contribution in [3.63, 3.8) is 0 Å². The van der Waals surface area contributed by atoms with Gasteiger partial charge in [-0.2, -0.15) is 5.10 Å². The highest BCUT2D eigenvalue weighted by Gasteiger charge is 2.24. The van der Waals surface area contributed by atoms with Crippen LogP contribution in [0.5, 0.6) is 0 Å². The van der Waals surface area contributed by atoms with Gasteiger partial charge in [-0.05, 0) is 17.5 Å². The fraction of sp³-hybridized carbons (Fsp3) is 0.0833. The van der Waals surface area contributed by atoms with Crippen molar-refractivity contribution < 1.29 is 9.53 Å². The molecule has 1 aliphatic rings. The van der Waals surface area contributed by atoms with Crippen LogP contribution in [0.3, 0.4) is 0 Å². The maximum Gasteiger partial charge on any atom is 0.363 e. The largest absolute Gasteiger partial charge is 0.401 e. The normalized spacial score (nSPS) is 17.1. The molecule has 0 saturated carbocycles. The van der Waals surface area contributed by atoms with Crippen LogP contribution in [0.25, 0.3) is 6.08 Å². The van der Waals surface area contributed by atoms with Crippen molar-refractivity contribution in [2.75, 3.05) is 0 Å². The molecule has 2 aromatic heterocycles. The molecule has 18 heavy (non-hydrogen) atoms. The predicted molar refractivity (Wildman–Crippen MR) is 68.1 cm³/mol. The molecule has 0 N–H and O–H groups in total. The SMILES string of the molecule is Cn1cc(C=C2N=C(c3cccs3)OC2=O)cn1. The number of ether oxygens (including phenoxy) is 1. The van der Waals surface area contributed by atoms with Crippen molar-refractivity contribution in [2.24, 2.45) is 12.0 Å². The van der Waals surface area contributed by atoms with E-state index in [1.165, 1.54) is 11.3 Å². The molecule has 1 aliphatic heterocycles. The molecule has 0 aromatic carbocycles. The van der Waals surface area contributed by atoms with Gasteiger partial charge in [-0.3, -0.25) is 4.68 Å². The number of nitrogens with zero attached hydrogens (tertiary/aromatic N) is 3. The molecule has 0 bridgehead atoms. The zero-order valence-corrected chi connectivity index (χ0v) is 10.3. The first kappa shape index (κ1) is 10.9. The number of esters is 1. The van der Waals surface area contributed by atoms with Gasteiger partial charge in [-0.1, -0.05) is 6.07 Å². The number of aliphatic imine (C=N–C) groups is 1. The summed E-state index contributed by atoms with van der Waals surface area (Å²) in [5.74, 6) is -0.0626. The zero-order valence-electron chi connectivity index (χ0n) is 9.53. The maximum atomic E-state index is 11.7. The summed E-state index contributed by atoms with van der Waals surface area (Å²) < 4.78 is 6.79. The van der Waals surface area contributed by atoms with Crippen molar-refractivity contribution in [1.82, 2.24) is 9.78 Å². The van der Waals surface area contributed by atoms with Gasteiger partial charge in [-0.15, -0.1) is 11.3 Å². The molecular weight excluding hydrogens is 250 g/mol. The summed E-state index contributed by atoms with van der Waals surface area (Å²) in [5, 5.41) is 5.94. The highest BCUT2D eigenvalue weighted by molar-refractivity contribution is 7.12. The lowest BCUT2D eigenvalue weighted by Gasteiger charge is -1.92. The van der Waals surface area contributed by atoms with Crippen molar-refractivity contribution >= 4 is 29.3 Å². The predicted octanol–water partition coefficient (Wildman–Crippen LogP) is 1.83. The van der Waals surface area contributed by atoms with E-state index in [1.54, 1.807) is 23.2 Å². The first-order valence-corrected chi connectivity index (χ1v) is 6.15. The average Bonchev–Trinajstić information content (AvgIpc) is 3.02. The van der Waals surface area contributed by atoms with E-state index < -0.39 is 5.97 Å². The van der Waals surface area contributed by atoms with E-state index in [-0.39, 0.29) is 0 Å². The molecule has 2 aromatic rings. The second-order valence-corrected chi connectivity index (χ2v) is 4.71. The molecular formula is C12H9N3O2S. The Hall–Kier alpha value is -2.21. The molecule has 0 amide bonds. The Bertz CT molecular complexity index is 653. The number of hydrogen-bond donors (Lipinski definition) is 0. The molecule has 5 nitrogen and oxygen atoms in total. The van der Waals surface area contributed by atoms with Gasteiger partial charge in [0.05, 0.1) is 11.1 Å². The van der Waals surface area contributed by atoms with Crippen LogP contribution in [-0.2, 0) is 16.6 Å². The van der Waals surface area contributed by atoms with Gasteiger partial charge in [0.15, 0.2) is 5.70 Å². The van der Waals surface area contributed by atoms with Crippen LogP contribution < -0.4 is 0 Å². The second-order valence-electron chi connectivity index (χ2n) is 3.76. The Morgan fingerprint density at radius 2 is 2.39 bits per heavy atom. The third kappa shape index (κ3) is 1.98. The monoisotopic (exact) mass is 259 g/mol. The summed E-state index contributed by atoms with van der Waals surface area (Å²) >= 11 is 1.48. The van der Waals surface area contributed by atoms with Gasteiger partial charge < -0.3 is 4.74 Å². The third-order valence-corrected chi connectivity index (χ3v) is 3.24. The zero-order chi connectivity index (χ0) is 12.5. The van der Waals surface area contributed by atoms with E-state index >= 15 is 0 Å². The van der Waals surface area contributed by atoms with Crippen LogP contribution in [0.15, 0.2) is 40.6 Å². The van der Waals surface area contributed by atoms with Gasteiger partial charge >= 0.3 is 5.97 Å². The number of carbonyl (C=O) groups excluding carboxylic acids is 1. The molecule has 0 atom stereocenters. The number of carbonyl (C=O) groups is 1. The molecule has 0 spiro atoms. The fourth-order valence-corrected chi connectivity index (χ4v) is 2.24. The van der Waals surface area contributed by atoms with Gasteiger partial charge in [0.1, 0.15) is 0 Å². The van der Waals surface area contributed by atoms with Gasteiger partial charge in [0, 0.05) is 18.8 Å². The Morgan fingerprint density at radius 1 is 1.50 bits per heavy atom. The highest BCUT2D eigenvalue weighted by atomic mass is 32.1. The topological polar surface area (TPSA) is 56.5 Å². The van der Waals surface area contributed by atoms with Crippen LogP contribution in [-0.4, -0.2) is 21.6 Å². The smallest absolute Gasteiger partial charge is 0.363 e. The van der Waals surface area contributed by atoms with Crippen LogP contribution >= 0.6 is 11.3 Å². The van der Waals surface area contributed by atoms with Crippen LogP contribution in [0, 0.1) is 0 Å². The van der Waals surface area contributed by atoms with E-state index in [0.717, 1.165) is 10.4 Å². The minimum Gasteiger partial charge on any atom is -0.401 e. The molecule has 0 unspecified atom stereocenters. The van der Waals surface area contributed by atoms with Gasteiger partial charge in [0.2, 0.25) is 5.90 Å². The first-order valence-electron chi connectivity index (χ1n) is 5.27. The van der Waals surface area contributed by atoms with Crippen LogP contribution in [0.2, 0.25) is 0 Å². The highest BCUT2D eigenvalue weighted by Crippen LogP contribution is 2.21. The molecule has 0 fully saturated rings. The van der Waals surface area contributed by atoms with Crippen LogP contribution in [0.4, 0.5) is 0 Å². The van der Waals surface area contributed by atoms with E-state index in [2.05, 4.69) is 10.1 Å². The Morgan fingerprint density at radius 3 is 3.06 bits per heavy atom. The van der Waals surface area contributed by atoms with Gasteiger partial charge in [-0.25, -0.2) is 9.79 Å². The molecule has 90 valence electrons. The lowest BCUT2D eigenvalue weighted by Crippen LogP contribution is -2.03. The van der Waals surface area contributed by atoms with Crippen molar-refractivity contribution in [3.05, 3.63) is 46.0 Å². The minimum atomic E-state index is -0.428. The third-order valence-electron chi connectivity index (χ3n) is 2.38. The summed E-state index contributed by atoms with van der Waals surface area (Å²) in [6, 6.07) is 3.75. The number of cyclic esters (lactones) is 1. The second kappa shape index (κ2) is 4.23. The van der Waals surface area contributed by atoms with Crippen LogP contribution in [0.1, 0.15) is 10.4 Å². The average molecular weight is 259 g/mol. The van der Waals surface area contributed by atoms with Crippen molar-refractivity contribution in [3.8, 4) is 0 Å². The summed E-state index contributed by atoms with van der Waals surface area (Å²) in [5.41, 5.74) is 1.12. The fourth-order valence-electron chi connectivity index (χ4n) is 1.59. The Labute approximate surface area is 107 Å². The maximum absolute atomic E-state index is 11.7. The van der Waals surface area contributed by atoms with Crippen molar-refractivity contribution in [1.29, 1.82) is 0 Å². The number of thiophene rings is 1. The lowest BCUT2D eigenvalue weighted by atomic mass is 10.3. The van der Waals surface area contributed by atoms with E-state index in [9.17, 15) is 4.79 Å². The summed E-state index contributed by atoms with van der Waals surface area (Å²) in [4.78, 5) is 16.7. The molecule has 0 aliphatic carbocycles. The van der Waals surface area contributed by atoms with Gasteiger partial charge in [0.25, 0.3) is 0 Å². The summed E-state index contributed by atoms with van der Waals surface area (Å²) in [7, 11) is 1.81. The number of aryl methyl sites for hydroxylation is 1. The minimum absolute atomic E-state index is 0.298. The quantitative estimate of drug-likeness (QED) is 0.610. The molecule has 3 rings (SSSR count). The molecule has 0 saturated heterocycles. The van der Waals surface area contributed by atoms with E-state index in [0.29, 0.717) is 11.6 Å².